The van der Waals surface area contributed by atoms with E-state index in [4.69, 9.17) is 37.0 Å². The largest absolute Gasteiger partial charge is 0.472 e. The minimum absolute atomic E-state index is 0.108. The smallest absolute Gasteiger partial charge is 0.462 e. The van der Waals surface area contributed by atoms with Crippen LogP contribution in [0.5, 0.6) is 0 Å². The van der Waals surface area contributed by atoms with Crippen molar-refractivity contribution in [2.45, 2.75) is 452 Å². The third-order valence-electron chi connectivity index (χ3n) is 19.4. The van der Waals surface area contributed by atoms with Crippen molar-refractivity contribution in [3.8, 4) is 0 Å². The summed E-state index contributed by atoms with van der Waals surface area (Å²) in [6, 6.07) is 0. The molecule has 0 radical (unpaired) electrons. The highest BCUT2D eigenvalue weighted by molar-refractivity contribution is 7.47. The molecule has 0 aliphatic carbocycles. The number of aliphatic hydroxyl groups excluding tert-OH is 1. The Kier molecular flexibility index (Phi) is 71.8. The van der Waals surface area contributed by atoms with Crippen molar-refractivity contribution in [1.82, 2.24) is 0 Å². The minimum atomic E-state index is -4.96. The number of rotatable bonds is 81. The summed E-state index contributed by atoms with van der Waals surface area (Å²) in [4.78, 5) is 73.2. The summed E-state index contributed by atoms with van der Waals surface area (Å²) < 4.78 is 68.8. The van der Waals surface area contributed by atoms with Gasteiger partial charge in [0.05, 0.1) is 26.4 Å². The molecule has 0 rings (SSSR count). The molecule has 0 aliphatic rings. The molecule has 0 heterocycles. The number of hydrogen-bond donors (Lipinski definition) is 3. The molecule has 0 fully saturated rings. The number of carbonyl (C=O) groups excluding carboxylic acids is 4. The lowest BCUT2D eigenvalue weighted by Crippen LogP contribution is -2.30. The van der Waals surface area contributed by atoms with Crippen molar-refractivity contribution in [3.63, 3.8) is 0 Å². The molecule has 0 aromatic heterocycles. The van der Waals surface area contributed by atoms with Gasteiger partial charge in [0.2, 0.25) is 0 Å². The van der Waals surface area contributed by atoms with Gasteiger partial charge in [0.15, 0.2) is 12.2 Å². The molecule has 0 aliphatic heterocycles. The normalized spacial score (nSPS) is 13.9. The summed E-state index contributed by atoms with van der Waals surface area (Å²) >= 11 is 0. The Balaban J connectivity index is 5.27. The summed E-state index contributed by atoms with van der Waals surface area (Å²) in [6.45, 7) is 12.0. The number of hydrogen-bond acceptors (Lipinski definition) is 15. The molecule has 3 N–H and O–H groups in total. The van der Waals surface area contributed by atoms with E-state index in [-0.39, 0.29) is 25.7 Å². The molecule has 0 spiro atoms. The Hall–Kier alpha value is -1.94. The molecule has 19 heteroatoms. The van der Waals surface area contributed by atoms with Crippen LogP contribution < -0.4 is 0 Å². The number of unbranched alkanes of at least 4 members (excludes halogenated alkanes) is 49. The average Bonchev–Trinajstić information content (AvgIpc) is 1.16. The average molecular weight is 1490 g/mol. The molecule has 0 aromatic rings. The first-order valence-electron chi connectivity index (χ1n) is 42.8. The van der Waals surface area contributed by atoms with Crippen LogP contribution >= 0.6 is 15.6 Å². The topological polar surface area (TPSA) is 237 Å². The predicted octanol–water partition coefficient (Wildman–Crippen LogP) is 24.9. The maximum absolute atomic E-state index is 13.1. The molecule has 0 amide bonds. The van der Waals surface area contributed by atoms with E-state index in [9.17, 15) is 43.2 Å². The van der Waals surface area contributed by atoms with Crippen LogP contribution in [-0.2, 0) is 65.4 Å². The lowest BCUT2D eigenvalue weighted by Gasteiger charge is -2.21. The third-order valence-corrected chi connectivity index (χ3v) is 21.3. The molecule has 0 aromatic carbocycles. The summed E-state index contributed by atoms with van der Waals surface area (Å²) in [5, 5.41) is 10.7. The summed E-state index contributed by atoms with van der Waals surface area (Å²) in [5.74, 6) is 0.275. The Labute approximate surface area is 626 Å². The van der Waals surface area contributed by atoms with Crippen molar-refractivity contribution >= 4 is 39.5 Å². The van der Waals surface area contributed by atoms with Crippen LogP contribution in [0.3, 0.4) is 0 Å². The van der Waals surface area contributed by atoms with Gasteiger partial charge in [0.25, 0.3) is 0 Å². The van der Waals surface area contributed by atoms with E-state index in [0.29, 0.717) is 25.7 Å². The maximum atomic E-state index is 13.1. The van der Waals surface area contributed by atoms with Crippen LogP contribution in [0.4, 0.5) is 0 Å². The Morgan fingerprint density at radius 2 is 0.451 bits per heavy atom. The van der Waals surface area contributed by atoms with E-state index in [1.54, 1.807) is 0 Å². The Morgan fingerprint density at radius 1 is 0.265 bits per heavy atom. The Morgan fingerprint density at radius 3 is 0.667 bits per heavy atom. The fraction of sp³-hybridized carbons (Fsp3) is 0.952. The van der Waals surface area contributed by atoms with Gasteiger partial charge in [-0.1, -0.05) is 382 Å². The van der Waals surface area contributed by atoms with Crippen LogP contribution in [0.15, 0.2) is 0 Å². The second-order valence-electron chi connectivity index (χ2n) is 31.3. The summed E-state index contributed by atoms with van der Waals surface area (Å²) in [5.41, 5.74) is 0. The van der Waals surface area contributed by atoms with Gasteiger partial charge in [-0.15, -0.1) is 0 Å². The van der Waals surface area contributed by atoms with Gasteiger partial charge < -0.3 is 33.8 Å². The number of ether oxygens (including phenoxy) is 4. The quantitative estimate of drug-likeness (QED) is 0.0222. The fourth-order valence-corrected chi connectivity index (χ4v) is 14.4. The van der Waals surface area contributed by atoms with E-state index in [0.717, 1.165) is 108 Å². The molecule has 5 atom stereocenters. The van der Waals surface area contributed by atoms with Crippen LogP contribution in [0.1, 0.15) is 434 Å². The van der Waals surface area contributed by atoms with Gasteiger partial charge in [-0.25, -0.2) is 9.13 Å². The molecular weight excluding hydrogens is 1330 g/mol. The van der Waals surface area contributed by atoms with Gasteiger partial charge in [0.1, 0.15) is 19.3 Å². The van der Waals surface area contributed by atoms with E-state index in [1.165, 1.54) is 244 Å². The molecular formula is C83H162O17P2. The number of phosphoric acid groups is 2. The molecule has 2 unspecified atom stereocenters. The summed E-state index contributed by atoms with van der Waals surface area (Å²) in [7, 11) is -9.93. The van der Waals surface area contributed by atoms with Crippen LogP contribution in [0.2, 0.25) is 0 Å². The molecule has 102 heavy (non-hydrogen) atoms. The zero-order chi connectivity index (χ0) is 75.1. The maximum Gasteiger partial charge on any atom is 0.472 e. The van der Waals surface area contributed by atoms with Crippen LogP contribution in [-0.4, -0.2) is 96.7 Å². The van der Waals surface area contributed by atoms with Gasteiger partial charge in [-0.2, -0.15) is 0 Å². The minimum Gasteiger partial charge on any atom is -0.462 e. The lowest BCUT2D eigenvalue weighted by molar-refractivity contribution is -0.161. The van der Waals surface area contributed by atoms with Gasteiger partial charge in [0, 0.05) is 25.7 Å². The number of phosphoric ester groups is 2. The number of esters is 4. The van der Waals surface area contributed by atoms with Gasteiger partial charge >= 0.3 is 39.5 Å². The first kappa shape index (κ1) is 100. The number of aliphatic hydroxyl groups is 1. The van der Waals surface area contributed by atoms with Crippen molar-refractivity contribution in [2.24, 2.45) is 17.8 Å². The molecule has 606 valence electrons. The summed E-state index contributed by atoms with van der Waals surface area (Å²) in [6.07, 6.45) is 62.3. The van der Waals surface area contributed by atoms with Crippen molar-refractivity contribution in [1.29, 1.82) is 0 Å². The monoisotopic (exact) mass is 1490 g/mol. The van der Waals surface area contributed by atoms with Crippen molar-refractivity contribution in [3.05, 3.63) is 0 Å². The van der Waals surface area contributed by atoms with Crippen LogP contribution in [0.25, 0.3) is 0 Å². The van der Waals surface area contributed by atoms with Gasteiger partial charge in [-0.3, -0.25) is 37.3 Å². The van der Waals surface area contributed by atoms with E-state index in [2.05, 4.69) is 48.5 Å². The Bertz CT molecular complexity index is 1970. The molecule has 0 saturated carbocycles. The lowest BCUT2D eigenvalue weighted by atomic mass is 10.0. The zero-order valence-corrected chi connectivity index (χ0v) is 68.9. The van der Waals surface area contributed by atoms with E-state index < -0.39 is 97.5 Å². The fourth-order valence-electron chi connectivity index (χ4n) is 12.8. The first-order chi connectivity index (χ1) is 49.2. The zero-order valence-electron chi connectivity index (χ0n) is 67.1. The highest BCUT2D eigenvalue weighted by atomic mass is 31.2. The highest BCUT2D eigenvalue weighted by Gasteiger charge is 2.30. The third kappa shape index (κ3) is 76.3. The van der Waals surface area contributed by atoms with E-state index in [1.807, 2.05) is 0 Å². The highest BCUT2D eigenvalue weighted by Crippen LogP contribution is 2.45. The van der Waals surface area contributed by atoms with Crippen molar-refractivity contribution < 1.29 is 80.2 Å². The molecule has 0 saturated heterocycles. The van der Waals surface area contributed by atoms with Crippen molar-refractivity contribution in [2.75, 3.05) is 39.6 Å². The number of carbonyl (C=O) groups is 4. The molecule has 17 nitrogen and oxygen atoms in total. The SMILES string of the molecule is CCCCCCCCCCCCCCC(=O)OC[C@H](COP(=O)(O)OC[C@H](O)COP(=O)(O)OC[C@@H](COC(=O)CCCCCCCCCCCCCCCC(C)C)OC(=O)CCCCCCCCCCCCCCCCCC(C)C)OC(=O)CCCCCCCCCCCCCCCC(C)C. The molecule has 0 bridgehead atoms. The first-order valence-corrected chi connectivity index (χ1v) is 45.8. The van der Waals surface area contributed by atoms with E-state index >= 15 is 0 Å². The second-order valence-corrected chi connectivity index (χ2v) is 34.2. The van der Waals surface area contributed by atoms with Crippen LogP contribution in [0, 0.1) is 17.8 Å². The predicted molar refractivity (Wildman–Crippen MR) is 418 cm³/mol. The second kappa shape index (κ2) is 73.2. The standard InChI is InChI=1S/C83H162O17P2/c1-8-9-10-11-12-13-14-29-36-43-50-57-64-80(85)93-70-78(100-83(88)67-60-53-46-39-32-25-19-22-28-35-42-49-56-63-76(6)7)72-97-101(89,90)95-68-77(84)69-96-102(91,92)98-73-79(71-94-81(86)65-58-51-44-37-30-24-18-21-27-34-41-48-55-62-75(4)5)99-82(87)66-59-52-45-38-31-23-17-15-16-20-26-33-40-47-54-61-74(2)3/h74-79,84H,8-73H2,1-7H3,(H,89,90)(H,91,92)/t77-,78+,79+/m0/s1. The van der Waals surface area contributed by atoms with Gasteiger partial charge in [-0.05, 0) is 43.4 Å².